The fourth-order valence-electron chi connectivity index (χ4n) is 2.49. The van der Waals surface area contributed by atoms with Crippen molar-refractivity contribution >= 4 is 51.9 Å². The van der Waals surface area contributed by atoms with Gasteiger partial charge >= 0.3 is 5.97 Å². The summed E-state index contributed by atoms with van der Waals surface area (Å²) >= 11 is 18.3. The molecule has 6 nitrogen and oxygen atoms in total. The Hall–Kier alpha value is -2.33. The van der Waals surface area contributed by atoms with Gasteiger partial charge in [0.2, 0.25) is 0 Å². The molecule has 0 spiro atoms. The zero-order valence-electron chi connectivity index (χ0n) is 12.7. The smallest absolute Gasteiger partial charge is 0.337 e. The van der Waals surface area contributed by atoms with Crippen molar-refractivity contribution in [2.75, 3.05) is 0 Å². The van der Waals surface area contributed by atoms with Crippen molar-refractivity contribution in [1.82, 2.24) is 14.5 Å². The Bertz CT molecular complexity index is 1070. The summed E-state index contributed by atoms with van der Waals surface area (Å²) in [4.78, 5) is 19.9. The lowest BCUT2D eigenvalue weighted by Crippen LogP contribution is -2.04. The summed E-state index contributed by atoms with van der Waals surface area (Å²) in [5.41, 5.74) is 1.55. The monoisotopic (exact) mass is 394 g/mol. The number of aryl methyl sites for hydroxylation is 1. The molecule has 0 unspecified atom stereocenters. The fourth-order valence-corrected chi connectivity index (χ4v) is 3.27. The molecule has 2 heterocycles. The van der Waals surface area contributed by atoms with Gasteiger partial charge in [0.25, 0.3) is 0 Å². The predicted molar refractivity (Wildman–Crippen MR) is 94.5 cm³/mol. The summed E-state index contributed by atoms with van der Waals surface area (Å²) in [7, 11) is 1.72. The first-order valence-corrected chi connectivity index (χ1v) is 8.09. The maximum Gasteiger partial charge on any atom is 0.337 e. The number of rotatable bonds is 3. The van der Waals surface area contributed by atoms with Gasteiger partial charge in [-0.2, -0.15) is 5.26 Å². The van der Waals surface area contributed by atoms with Crippen LogP contribution in [0, 0.1) is 11.3 Å². The molecule has 3 rings (SSSR count). The van der Waals surface area contributed by atoms with Crippen molar-refractivity contribution in [2.45, 2.75) is 6.42 Å². The molecule has 0 amide bonds. The Kier molecular flexibility index (Phi) is 4.56. The summed E-state index contributed by atoms with van der Waals surface area (Å²) < 4.78 is 1.67. The van der Waals surface area contributed by atoms with E-state index in [2.05, 4.69) is 9.97 Å². The third-order valence-electron chi connectivity index (χ3n) is 3.76. The summed E-state index contributed by atoms with van der Waals surface area (Å²) in [5.74, 6) is -0.624. The van der Waals surface area contributed by atoms with Gasteiger partial charge in [0.1, 0.15) is 22.6 Å². The number of halogens is 3. The average Bonchev–Trinajstić information content (AvgIpc) is 2.86. The molecule has 126 valence electrons. The SMILES string of the molecule is Cn1c(Cc2c(Cl)ccc(C(=O)O)c2Cl)nc2c(C#N)cc(Cl)nc21. The molecule has 0 aliphatic heterocycles. The number of imidazole rings is 1. The molecule has 0 bridgehead atoms. The van der Waals surface area contributed by atoms with E-state index in [0.717, 1.165) is 0 Å². The molecule has 0 aliphatic rings. The maximum atomic E-state index is 11.3. The van der Waals surface area contributed by atoms with E-state index < -0.39 is 5.97 Å². The Morgan fingerprint density at radius 1 is 1.32 bits per heavy atom. The molecule has 0 aliphatic carbocycles. The van der Waals surface area contributed by atoms with Crippen molar-refractivity contribution in [3.63, 3.8) is 0 Å². The number of aromatic carboxylic acids is 1. The summed E-state index contributed by atoms with van der Waals surface area (Å²) in [6, 6.07) is 6.29. The van der Waals surface area contributed by atoms with Gasteiger partial charge in [-0.05, 0) is 23.8 Å². The lowest BCUT2D eigenvalue weighted by molar-refractivity contribution is 0.0697. The number of nitriles is 1. The van der Waals surface area contributed by atoms with E-state index >= 15 is 0 Å². The number of pyridine rings is 1. The topological polar surface area (TPSA) is 91.8 Å². The van der Waals surface area contributed by atoms with Crippen molar-refractivity contribution in [3.8, 4) is 6.07 Å². The summed E-state index contributed by atoms with van der Waals surface area (Å²) in [6.45, 7) is 0. The van der Waals surface area contributed by atoms with E-state index in [1.165, 1.54) is 18.2 Å². The van der Waals surface area contributed by atoms with E-state index in [-0.39, 0.29) is 22.2 Å². The average molecular weight is 396 g/mol. The largest absolute Gasteiger partial charge is 0.478 e. The minimum atomic E-state index is -1.15. The van der Waals surface area contributed by atoms with Gasteiger partial charge in [-0.15, -0.1) is 0 Å². The zero-order valence-corrected chi connectivity index (χ0v) is 15.0. The lowest BCUT2D eigenvalue weighted by atomic mass is 10.1. The molecule has 0 atom stereocenters. The molecule has 0 fully saturated rings. The second-order valence-corrected chi connectivity index (χ2v) is 6.41. The van der Waals surface area contributed by atoms with Crippen LogP contribution < -0.4 is 0 Å². The second-order valence-electron chi connectivity index (χ2n) is 5.23. The first-order valence-electron chi connectivity index (χ1n) is 6.95. The molecular weight excluding hydrogens is 387 g/mol. The van der Waals surface area contributed by atoms with Crippen LogP contribution in [0.1, 0.15) is 27.3 Å². The Labute approximate surface area is 157 Å². The van der Waals surface area contributed by atoms with Crippen LogP contribution in [0.5, 0.6) is 0 Å². The van der Waals surface area contributed by atoms with Crippen LogP contribution in [0.3, 0.4) is 0 Å². The number of aromatic nitrogens is 3. The van der Waals surface area contributed by atoms with Gasteiger partial charge in [0.15, 0.2) is 5.65 Å². The zero-order chi connectivity index (χ0) is 18.3. The van der Waals surface area contributed by atoms with Crippen LogP contribution in [0.4, 0.5) is 0 Å². The number of hydrogen-bond donors (Lipinski definition) is 1. The highest BCUT2D eigenvalue weighted by molar-refractivity contribution is 6.38. The maximum absolute atomic E-state index is 11.3. The molecule has 3 aromatic rings. The van der Waals surface area contributed by atoms with Gasteiger partial charge in [0.05, 0.1) is 16.1 Å². The molecule has 1 N–H and O–H groups in total. The van der Waals surface area contributed by atoms with E-state index in [1.807, 2.05) is 6.07 Å². The number of carboxylic acids is 1. The number of hydrogen-bond acceptors (Lipinski definition) is 4. The molecular formula is C16H9Cl3N4O2. The predicted octanol–water partition coefficient (Wildman–Crippen LogP) is 4.09. The Morgan fingerprint density at radius 3 is 2.68 bits per heavy atom. The standard InChI is InChI=1S/C16H9Cl3N4O2/c1-23-12(22-14-7(6-20)4-11(18)21-15(14)23)5-9-10(17)3-2-8(13(9)19)16(24)25/h2-4H,5H2,1H3,(H,24,25). The normalized spacial score (nSPS) is 10.8. The molecule has 0 saturated heterocycles. The van der Waals surface area contributed by atoms with Crippen molar-refractivity contribution in [2.24, 2.45) is 7.05 Å². The Balaban J connectivity index is 2.17. The lowest BCUT2D eigenvalue weighted by Gasteiger charge is -2.09. The Morgan fingerprint density at radius 2 is 2.04 bits per heavy atom. The highest BCUT2D eigenvalue weighted by Gasteiger charge is 2.20. The third-order valence-corrected chi connectivity index (χ3v) is 4.74. The number of nitrogens with zero attached hydrogens (tertiary/aromatic N) is 4. The van der Waals surface area contributed by atoms with Crippen LogP contribution >= 0.6 is 34.8 Å². The van der Waals surface area contributed by atoms with Crippen molar-refractivity contribution in [1.29, 1.82) is 5.26 Å². The first kappa shape index (κ1) is 17.5. The van der Waals surface area contributed by atoms with Crippen LogP contribution in [0.2, 0.25) is 15.2 Å². The van der Waals surface area contributed by atoms with Crippen LogP contribution in [0.25, 0.3) is 11.2 Å². The van der Waals surface area contributed by atoms with Gasteiger partial charge in [0, 0.05) is 18.5 Å². The minimum absolute atomic E-state index is 0.0429. The van der Waals surface area contributed by atoms with Gasteiger partial charge in [-0.25, -0.2) is 14.8 Å². The highest BCUT2D eigenvalue weighted by Crippen LogP contribution is 2.31. The van der Waals surface area contributed by atoms with E-state index in [0.29, 0.717) is 33.1 Å². The molecule has 25 heavy (non-hydrogen) atoms. The minimum Gasteiger partial charge on any atom is -0.478 e. The first-order chi connectivity index (χ1) is 11.8. The number of benzene rings is 1. The third kappa shape index (κ3) is 3.02. The summed E-state index contributed by atoms with van der Waals surface area (Å²) in [6.07, 6.45) is 0.175. The number of fused-ring (bicyclic) bond motifs is 1. The van der Waals surface area contributed by atoms with Gasteiger partial charge in [-0.3, -0.25) is 0 Å². The van der Waals surface area contributed by atoms with E-state index in [9.17, 15) is 15.2 Å². The molecule has 9 heteroatoms. The van der Waals surface area contributed by atoms with Crippen molar-refractivity contribution < 1.29 is 9.90 Å². The molecule has 1 aromatic carbocycles. The summed E-state index contributed by atoms with van der Waals surface area (Å²) in [5, 5.41) is 19.0. The second kappa shape index (κ2) is 6.52. The van der Waals surface area contributed by atoms with E-state index in [4.69, 9.17) is 34.8 Å². The van der Waals surface area contributed by atoms with Crippen molar-refractivity contribution in [3.05, 3.63) is 55.9 Å². The van der Waals surface area contributed by atoms with Crippen LogP contribution in [0.15, 0.2) is 18.2 Å². The van der Waals surface area contributed by atoms with Gasteiger partial charge in [-0.1, -0.05) is 34.8 Å². The number of carbonyl (C=O) groups is 1. The number of carboxylic acid groups (broad SMARTS) is 1. The molecule has 0 saturated carbocycles. The molecule has 0 radical (unpaired) electrons. The quantitative estimate of drug-likeness (QED) is 0.674. The van der Waals surface area contributed by atoms with E-state index in [1.54, 1.807) is 11.6 Å². The van der Waals surface area contributed by atoms with Crippen LogP contribution in [-0.2, 0) is 13.5 Å². The van der Waals surface area contributed by atoms with Gasteiger partial charge < -0.3 is 9.67 Å². The highest BCUT2D eigenvalue weighted by atomic mass is 35.5. The molecule has 2 aromatic heterocycles. The fraction of sp³-hybridized carbons (Fsp3) is 0.125. The van der Waals surface area contributed by atoms with Crippen LogP contribution in [-0.4, -0.2) is 25.6 Å².